The predicted octanol–water partition coefficient (Wildman–Crippen LogP) is 5.49. The Morgan fingerprint density at radius 1 is 1.05 bits per heavy atom. The number of amides is 2. The van der Waals surface area contributed by atoms with E-state index in [0.29, 0.717) is 17.8 Å². The lowest BCUT2D eigenvalue weighted by atomic mass is 10.1. The molecule has 0 spiro atoms. The van der Waals surface area contributed by atoms with Crippen LogP contribution in [0, 0.1) is 12.8 Å². The van der Waals surface area contributed by atoms with Crippen molar-refractivity contribution in [3.05, 3.63) is 108 Å². The fraction of sp³-hybridized carbons (Fsp3) is 0.172. The van der Waals surface area contributed by atoms with Crippen LogP contribution in [0.3, 0.4) is 0 Å². The third-order valence-corrected chi connectivity index (χ3v) is 7.54. The summed E-state index contributed by atoms with van der Waals surface area (Å²) in [7, 11) is -4.00. The van der Waals surface area contributed by atoms with Gasteiger partial charge in [0, 0.05) is 40.8 Å². The number of rotatable bonds is 9. The maximum Gasteiger partial charge on any atom is 0.411 e. The summed E-state index contributed by atoms with van der Waals surface area (Å²) in [5.41, 5.74) is 3.23. The molecule has 4 aromatic rings. The number of ether oxygens (including phenoxy) is 1. The van der Waals surface area contributed by atoms with Crippen molar-refractivity contribution in [3.8, 4) is 0 Å². The molecule has 1 unspecified atom stereocenters. The van der Waals surface area contributed by atoms with Gasteiger partial charge >= 0.3 is 6.09 Å². The average molecular weight is 532 g/mol. The summed E-state index contributed by atoms with van der Waals surface area (Å²) in [5.74, 6) is -0.630. The average Bonchev–Trinajstić information content (AvgIpc) is 3.29. The number of aromatic nitrogens is 1. The number of carbonyl (C=O) groups excluding carboxylic acids is 2. The normalized spacial score (nSPS) is 12.1. The van der Waals surface area contributed by atoms with Crippen molar-refractivity contribution in [2.45, 2.75) is 25.3 Å². The van der Waals surface area contributed by atoms with Crippen molar-refractivity contribution < 1.29 is 22.7 Å². The van der Waals surface area contributed by atoms with Gasteiger partial charge in [-0.25, -0.2) is 17.9 Å². The highest BCUT2D eigenvalue weighted by atomic mass is 32.2. The van der Waals surface area contributed by atoms with Crippen LogP contribution >= 0.6 is 0 Å². The first kappa shape index (κ1) is 26.7. The molecule has 2 amide bonds. The monoisotopic (exact) mass is 531 g/mol. The largest absolute Gasteiger partial charge is 0.449 e. The summed E-state index contributed by atoms with van der Waals surface area (Å²) in [6, 6.07) is 20.8. The van der Waals surface area contributed by atoms with Crippen LogP contribution in [0.25, 0.3) is 10.9 Å². The summed E-state index contributed by atoms with van der Waals surface area (Å²) in [4.78, 5) is 24.9. The Balaban J connectivity index is 1.46. The van der Waals surface area contributed by atoms with E-state index >= 15 is 0 Å². The Kier molecular flexibility index (Phi) is 7.97. The zero-order chi connectivity index (χ0) is 27.3. The maximum absolute atomic E-state index is 12.8. The van der Waals surface area contributed by atoms with Crippen molar-refractivity contribution in [1.82, 2.24) is 9.29 Å². The molecule has 0 aliphatic carbocycles. The van der Waals surface area contributed by atoms with Crippen molar-refractivity contribution in [1.29, 1.82) is 0 Å². The SMILES string of the molecule is C=CC(C)COC(=O)Nc1cccc(Cn2ccc3cc(C(=O)NS(=O)(=O)c4ccccc4C)ccc32)c1. The molecule has 4 rings (SSSR count). The molecule has 1 aromatic heterocycles. The zero-order valence-corrected chi connectivity index (χ0v) is 22.0. The molecule has 9 heteroatoms. The van der Waals surface area contributed by atoms with E-state index < -0.39 is 22.0 Å². The third-order valence-electron chi connectivity index (χ3n) is 6.05. The molecular weight excluding hydrogens is 502 g/mol. The molecule has 0 fully saturated rings. The van der Waals surface area contributed by atoms with Gasteiger partial charge in [-0.1, -0.05) is 43.3 Å². The number of sulfonamides is 1. The van der Waals surface area contributed by atoms with E-state index in [1.54, 1.807) is 55.5 Å². The van der Waals surface area contributed by atoms with Crippen LogP contribution in [0.15, 0.2) is 96.5 Å². The molecule has 0 bridgehead atoms. The van der Waals surface area contributed by atoms with E-state index in [9.17, 15) is 18.0 Å². The molecule has 0 radical (unpaired) electrons. The summed E-state index contributed by atoms with van der Waals surface area (Å²) < 4.78 is 34.8. The summed E-state index contributed by atoms with van der Waals surface area (Å²) >= 11 is 0. The second-order valence-electron chi connectivity index (χ2n) is 9.05. The van der Waals surface area contributed by atoms with Crippen molar-refractivity contribution >= 4 is 38.6 Å². The molecule has 0 saturated carbocycles. The van der Waals surface area contributed by atoms with Gasteiger partial charge in [-0.2, -0.15) is 0 Å². The minimum atomic E-state index is -4.00. The molecule has 38 heavy (non-hydrogen) atoms. The van der Waals surface area contributed by atoms with E-state index in [1.165, 1.54) is 6.07 Å². The van der Waals surface area contributed by atoms with Crippen LogP contribution in [-0.2, 0) is 21.3 Å². The fourth-order valence-electron chi connectivity index (χ4n) is 3.95. The molecule has 196 valence electrons. The Morgan fingerprint density at radius 3 is 2.61 bits per heavy atom. The summed E-state index contributed by atoms with van der Waals surface area (Å²) in [6.45, 7) is 8.03. The Morgan fingerprint density at radius 2 is 1.84 bits per heavy atom. The van der Waals surface area contributed by atoms with Gasteiger partial charge in [-0.3, -0.25) is 10.1 Å². The van der Waals surface area contributed by atoms with E-state index in [0.717, 1.165) is 16.5 Å². The lowest BCUT2D eigenvalue weighted by Gasteiger charge is -2.11. The second kappa shape index (κ2) is 11.4. The first-order valence-electron chi connectivity index (χ1n) is 12.0. The quantitative estimate of drug-likeness (QED) is 0.278. The van der Waals surface area contributed by atoms with Crippen molar-refractivity contribution in [3.63, 3.8) is 0 Å². The molecule has 8 nitrogen and oxygen atoms in total. The molecular formula is C29H29N3O5S. The number of hydrogen-bond acceptors (Lipinski definition) is 5. The third kappa shape index (κ3) is 6.30. The molecule has 0 aliphatic heterocycles. The molecule has 0 saturated heterocycles. The molecule has 3 aromatic carbocycles. The number of anilines is 1. The minimum absolute atomic E-state index is 0.0666. The number of benzene rings is 3. The number of carbonyl (C=O) groups is 2. The second-order valence-corrected chi connectivity index (χ2v) is 10.7. The fourth-order valence-corrected chi connectivity index (χ4v) is 5.17. The topological polar surface area (TPSA) is 106 Å². The highest BCUT2D eigenvalue weighted by Crippen LogP contribution is 2.21. The van der Waals surface area contributed by atoms with Crippen molar-refractivity contribution in [2.24, 2.45) is 5.92 Å². The van der Waals surface area contributed by atoms with E-state index in [-0.39, 0.29) is 23.0 Å². The number of fused-ring (bicyclic) bond motifs is 1. The predicted molar refractivity (Wildman–Crippen MR) is 148 cm³/mol. The van der Waals surface area contributed by atoms with Gasteiger partial charge in [0.05, 0.1) is 11.5 Å². The highest BCUT2D eigenvalue weighted by Gasteiger charge is 2.20. The Labute approximate surface area is 222 Å². The Bertz CT molecular complexity index is 1610. The van der Waals surface area contributed by atoms with E-state index in [1.807, 2.05) is 42.0 Å². The van der Waals surface area contributed by atoms with Gasteiger partial charge in [0.2, 0.25) is 0 Å². The number of nitrogens with zero attached hydrogens (tertiary/aromatic N) is 1. The van der Waals surface area contributed by atoms with Crippen molar-refractivity contribution in [2.75, 3.05) is 11.9 Å². The van der Waals surface area contributed by atoms with Crippen LogP contribution in [-0.4, -0.2) is 31.6 Å². The molecule has 1 heterocycles. The van der Waals surface area contributed by atoms with Gasteiger partial charge in [-0.05, 0) is 60.5 Å². The standard InChI is InChI=1S/C29H29N3O5S/c1-4-20(2)19-37-29(34)30-25-10-7-9-22(16-25)18-32-15-14-23-17-24(12-13-26(23)32)28(33)31-38(35,36)27-11-6-5-8-21(27)3/h4-17,20H,1,18-19H2,2-3H3,(H,30,34)(H,31,33). The van der Waals surface area contributed by atoms with Gasteiger partial charge < -0.3 is 9.30 Å². The number of aryl methyl sites for hydroxylation is 1. The highest BCUT2D eigenvalue weighted by molar-refractivity contribution is 7.90. The van der Waals surface area contributed by atoms with Gasteiger partial charge in [-0.15, -0.1) is 6.58 Å². The smallest absolute Gasteiger partial charge is 0.411 e. The number of hydrogen-bond donors (Lipinski definition) is 2. The molecule has 2 N–H and O–H groups in total. The van der Waals surface area contributed by atoms with Gasteiger partial charge in [0.1, 0.15) is 0 Å². The lowest BCUT2D eigenvalue weighted by Crippen LogP contribution is -2.31. The van der Waals surface area contributed by atoms with Crippen LogP contribution in [0.2, 0.25) is 0 Å². The lowest BCUT2D eigenvalue weighted by molar-refractivity contribution is 0.0981. The van der Waals surface area contributed by atoms with E-state index in [2.05, 4.69) is 16.6 Å². The summed E-state index contributed by atoms with van der Waals surface area (Å²) in [5, 5.41) is 3.53. The van der Waals surface area contributed by atoms with Crippen LogP contribution in [0.4, 0.5) is 10.5 Å². The minimum Gasteiger partial charge on any atom is -0.449 e. The van der Waals surface area contributed by atoms with Crippen LogP contribution in [0.1, 0.15) is 28.4 Å². The molecule has 0 aliphatic rings. The van der Waals surface area contributed by atoms with Gasteiger partial charge in [0.15, 0.2) is 0 Å². The van der Waals surface area contributed by atoms with Crippen LogP contribution < -0.4 is 10.0 Å². The zero-order valence-electron chi connectivity index (χ0n) is 21.2. The summed E-state index contributed by atoms with van der Waals surface area (Å²) in [6.07, 6.45) is 3.08. The maximum atomic E-state index is 12.8. The first-order valence-corrected chi connectivity index (χ1v) is 13.5. The Hall–Kier alpha value is -4.37. The van der Waals surface area contributed by atoms with Crippen LogP contribution in [0.5, 0.6) is 0 Å². The van der Waals surface area contributed by atoms with E-state index in [4.69, 9.17) is 4.74 Å². The van der Waals surface area contributed by atoms with Gasteiger partial charge in [0.25, 0.3) is 15.9 Å². The first-order chi connectivity index (χ1) is 18.2. The molecule has 1 atom stereocenters. The number of nitrogens with one attached hydrogen (secondary N) is 2.